The fourth-order valence-electron chi connectivity index (χ4n) is 2.53. The third-order valence-corrected chi connectivity index (χ3v) is 5.14. The van der Waals surface area contributed by atoms with Crippen LogP contribution in [0.4, 0.5) is 11.4 Å². The minimum atomic E-state index is -3.86. The Labute approximate surface area is 161 Å². The van der Waals surface area contributed by atoms with Gasteiger partial charge in [0, 0.05) is 27.5 Å². The lowest BCUT2D eigenvalue weighted by molar-refractivity contribution is 0.321. The Kier molecular flexibility index (Phi) is 5.62. The molecule has 0 unspecified atom stereocenters. The highest BCUT2D eigenvalue weighted by Crippen LogP contribution is 2.41. The fourth-order valence-corrected chi connectivity index (χ4v) is 3.32. The molecule has 0 aliphatic carbocycles. The van der Waals surface area contributed by atoms with Crippen molar-refractivity contribution in [2.45, 2.75) is 18.2 Å². The maximum absolute atomic E-state index is 11.4. The molecule has 0 atom stereocenters. The van der Waals surface area contributed by atoms with Gasteiger partial charge >= 0.3 is 0 Å². The van der Waals surface area contributed by atoms with Gasteiger partial charge in [-0.2, -0.15) is 5.11 Å². The van der Waals surface area contributed by atoms with Crippen LogP contribution in [0.2, 0.25) is 0 Å². The number of benzene rings is 3. The highest BCUT2D eigenvalue weighted by Gasteiger charge is 2.13. The van der Waals surface area contributed by atoms with Crippen LogP contribution in [0.15, 0.2) is 69.7 Å². The van der Waals surface area contributed by atoms with E-state index in [4.69, 9.17) is 15.4 Å². The molecule has 0 fully saturated rings. The molecule has 8 heteroatoms. The molecule has 6 nitrogen and oxygen atoms in total. The average Bonchev–Trinajstić information content (AvgIpc) is 2.66. The molecular weight excluding hydrogens is 388 g/mol. The van der Waals surface area contributed by atoms with Crippen molar-refractivity contribution < 1.29 is 18.3 Å². The van der Waals surface area contributed by atoms with Gasteiger partial charge in [-0.3, -0.25) is 0 Å². The molecule has 0 aromatic heterocycles. The zero-order valence-electron chi connectivity index (χ0n) is 14.5. The normalized spacial score (nSPS) is 11.9. The van der Waals surface area contributed by atoms with E-state index in [2.05, 4.69) is 10.2 Å². The van der Waals surface area contributed by atoms with Crippen LogP contribution in [-0.2, 0) is 9.05 Å². The lowest BCUT2D eigenvalue weighted by atomic mass is 10.1. The molecule has 0 saturated carbocycles. The summed E-state index contributed by atoms with van der Waals surface area (Å²) in [6.45, 7) is 2.53. The molecular formula is C19H17ClN2O4S. The van der Waals surface area contributed by atoms with E-state index in [1.807, 2.05) is 19.1 Å². The molecule has 140 valence electrons. The van der Waals surface area contributed by atoms with Crippen molar-refractivity contribution in [3.8, 4) is 11.5 Å². The molecule has 0 aliphatic heterocycles. The fraction of sp³-hybridized carbons (Fsp3) is 0.158. The first-order valence-electron chi connectivity index (χ1n) is 8.24. The second-order valence-electron chi connectivity index (χ2n) is 5.77. The van der Waals surface area contributed by atoms with Crippen molar-refractivity contribution in [1.29, 1.82) is 0 Å². The van der Waals surface area contributed by atoms with Crippen LogP contribution in [0.5, 0.6) is 11.5 Å². The standard InChI is InChI=1S/C19H17ClN2O4S/c1-2-10-26-18-12-17(19(23)16-9-4-3-8-15(16)18)22-21-13-6-5-7-14(11-13)27(20,24)25/h3-9,11-12,23H,2,10H2,1H3. The van der Waals surface area contributed by atoms with Crippen LogP contribution in [0.1, 0.15) is 13.3 Å². The Morgan fingerprint density at radius 3 is 2.48 bits per heavy atom. The Morgan fingerprint density at radius 1 is 1.04 bits per heavy atom. The highest BCUT2D eigenvalue weighted by atomic mass is 35.7. The summed E-state index contributed by atoms with van der Waals surface area (Å²) in [4.78, 5) is -0.0738. The van der Waals surface area contributed by atoms with Crippen molar-refractivity contribution >= 4 is 41.9 Å². The predicted octanol–water partition coefficient (Wildman–Crippen LogP) is 5.68. The van der Waals surface area contributed by atoms with E-state index in [0.717, 1.165) is 11.8 Å². The first-order chi connectivity index (χ1) is 12.9. The van der Waals surface area contributed by atoms with Crippen molar-refractivity contribution in [1.82, 2.24) is 0 Å². The number of rotatable bonds is 6. The zero-order valence-corrected chi connectivity index (χ0v) is 16.0. The van der Waals surface area contributed by atoms with Crippen LogP contribution < -0.4 is 4.74 Å². The van der Waals surface area contributed by atoms with Gasteiger partial charge in [0.25, 0.3) is 9.05 Å². The Bertz CT molecular complexity index is 1110. The SMILES string of the molecule is CCCOc1cc(N=Nc2cccc(S(=O)(=O)Cl)c2)c(O)c2ccccc12. The van der Waals surface area contributed by atoms with Gasteiger partial charge in [-0.15, -0.1) is 5.11 Å². The van der Waals surface area contributed by atoms with Gasteiger partial charge in [-0.05, 0) is 24.6 Å². The van der Waals surface area contributed by atoms with Gasteiger partial charge in [0.2, 0.25) is 0 Å². The van der Waals surface area contributed by atoms with Gasteiger partial charge in [0.15, 0.2) is 5.75 Å². The third-order valence-electron chi connectivity index (χ3n) is 3.79. The largest absolute Gasteiger partial charge is 0.505 e. The van der Waals surface area contributed by atoms with Crippen molar-refractivity contribution in [3.63, 3.8) is 0 Å². The summed E-state index contributed by atoms with van der Waals surface area (Å²) in [5.41, 5.74) is 0.513. The Hall–Kier alpha value is -2.64. The lowest BCUT2D eigenvalue weighted by Crippen LogP contribution is -1.95. The van der Waals surface area contributed by atoms with Crippen molar-refractivity contribution in [3.05, 3.63) is 54.6 Å². The van der Waals surface area contributed by atoms with Crippen LogP contribution in [0, 0.1) is 0 Å². The summed E-state index contributed by atoms with van der Waals surface area (Å²) >= 11 is 0. The van der Waals surface area contributed by atoms with Gasteiger partial charge in [-0.25, -0.2) is 8.42 Å². The summed E-state index contributed by atoms with van der Waals surface area (Å²) in [7, 11) is 1.49. The van der Waals surface area contributed by atoms with Crippen LogP contribution in [0.3, 0.4) is 0 Å². The Morgan fingerprint density at radius 2 is 1.78 bits per heavy atom. The van der Waals surface area contributed by atoms with E-state index in [-0.39, 0.29) is 16.3 Å². The van der Waals surface area contributed by atoms with E-state index < -0.39 is 9.05 Å². The molecule has 27 heavy (non-hydrogen) atoms. The Balaban J connectivity index is 2.04. The molecule has 0 aliphatic rings. The molecule has 0 saturated heterocycles. The van der Waals surface area contributed by atoms with Crippen LogP contribution in [-0.4, -0.2) is 20.1 Å². The molecule has 0 amide bonds. The summed E-state index contributed by atoms with van der Waals surface area (Å²) in [5, 5.41) is 20.0. The van der Waals surface area contributed by atoms with E-state index in [1.54, 1.807) is 24.3 Å². The summed E-state index contributed by atoms with van der Waals surface area (Å²) in [5.74, 6) is 0.565. The number of hydrogen-bond donors (Lipinski definition) is 1. The molecule has 3 aromatic rings. The number of phenolic OH excluding ortho intramolecular Hbond substituents is 1. The minimum Gasteiger partial charge on any atom is -0.505 e. The van der Waals surface area contributed by atoms with E-state index >= 15 is 0 Å². The monoisotopic (exact) mass is 404 g/mol. The number of ether oxygens (including phenoxy) is 1. The van der Waals surface area contributed by atoms with Crippen molar-refractivity contribution in [2.75, 3.05) is 6.61 Å². The average molecular weight is 405 g/mol. The van der Waals surface area contributed by atoms with Crippen LogP contribution in [0.25, 0.3) is 10.8 Å². The quantitative estimate of drug-likeness (QED) is 0.423. The summed E-state index contributed by atoms with van der Waals surface area (Å²) in [6.07, 6.45) is 0.839. The van der Waals surface area contributed by atoms with Crippen molar-refractivity contribution in [2.24, 2.45) is 10.2 Å². The molecule has 1 N–H and O–H groups in total. The maximum atomic E-state index is 11.4. The number of aromatic hydroxyl groups is 1. The van der Waals surface area contributed by atoms with E-state index in [9.17, 15) is 13.5 Å². The van der Waals surface area contributed by atoms with Gasteiger partial charge in [0.1, 0.15) is 11.4 Å². The number of phenols is 1. The number of nitrogens with zero attached hydrogens (tertiary/aromatic N) is 2. The second-order valence-corrected chi connectivity index (χ2v) is 8.34. The number of fused-ring (bicyclic) bond motifs is 1. The number of hydrogen-bond acceptors (Lipinski definition) is 6. The second kappa shape index (κ2) is 7.94. The molecule has 0 bridgehead atoms. The molecule has 3 aromatic carbocycles. The van der Waals surface area contributed by atoms with Gasteiger partial charge in [-0.1, -0.05) is 37.3 Å². The first kappa shape index (κ1) is 19.1. The number of halogens is 1. The summed E-state index contributed by atoms with van der Waals surface area (Å²) < 4.78 is 28.7. The maximum Gasteiger partial charge on any atom is 0.261 e. The number of azo groups is 1. The third kappa shape index (κ3) is 4.37. The first-order valence-corrected chi connectivity index (χ1v) is 10.5. The topological polar surface area (TPSA) is 88.3 Å². The smallest absolute Gasteiger partial charge is 0.261 e. The highest BCUT2D eigenvalue weighted by molar-refractivity contribution is 8.13. The van der Waals surface area contributed by atoms with Gasteiger partial charge < -0.3 is 9.84 Å². The van der Waals surface area contributed by atoms with E-state index in [1.165, 1.54) is 18.2 Å². The molecule has 3 rings (SSSR count). The predicted molar refractivity (Wildman–Crippen MR) is 105 cm³/mol. The zero-order chi connectivity index (χ0) is 19.4. The summed E-state index contributed by atoms with van der Waals surface area (Å²) in [6, 6.07) is 14.7. The van der Waals surface area contributed by atoms with Gasteiger partial charge in [0.05, 0.1) is 17.2 Å². The molecule has 0 radical (unpaired) electrons. The van der Waals surface area contributed by atoms with Crippen LogP contribution >= 0.6 is 10.7 Å². The molecule has 0 spiro atoms. The lowest BCUT2D eigenvalue weighted by Gasteiger charge is -2.11. The van der Waals surface area contributed by atoms with E-state index in [0.29, 0.717) is 23.4 Å². The molecule has 0 heterocycles. The minimum absolute atomic E-state index is 0.0284.